The van der Waals surface area contributed by atoms with Crippen LogP contribution in [0.15, 0.2) is 18.3 Å². The van der Waals surface area contributed by atoms with E-state index >= 15 is 0 Å². The van der Waals surface area contributed by atoms with Gasteiger partial charge in [-0.2, -0.15) is 0 Å². The fourth-order valence-electron chi connectivity index (χ4n) is 2.44. The van der Waals surface area contributed by atoms with Crippen LogP contribution in [0, 0.1) is 0 Å². The molecule has 1 aromatic rings. The number of likely N-dealkylation sites (tertiary alicyclic amines) is 1. The first kappa shape index (κ1) is 15.3. The third-order valence-corrected chi connectivity index (χ3v) is 3.53. The Morgan fingerprint density at radius 2 is 2.19 bits per heavy atom. The number of carbonyl (C=O) groups excluding carboxylic acids is 2. The Labute approximate surface area is 124 Å². The fraction of sp³-hybridized carbons (Fsp3) is 0.533. The van der Waals surface area contributed by atoms with Crippen molar-refractivity contribution in [3.05, 3.63) is 23.9 Å². The topological polar surface area (TPSA) is 62.7 Å². The van der Waals surface area contributed by atoms with Crippen molar-refractivity contribution in [1.29, 1.82) is 0 Å². The first-order valence-corrected chi connectivity index (χ1v) is 7.15. The Hall–Kier alpha value is -2.11. The van der Waals surface area contributed by atoms with Crippen LogP contribution in [-0.2, 0) is 9.53 Å². The lowest BCUT2D eigenvalue weighted by Crippen LogP contribution is -2.41. The average Bonchev–Trinajstić information content (AvgIpc) is 2.96. The van der Waals surface area contributed by atoms with Gasteiger partial charge >= 0.3 is 5.97 Å². The minimum atomic E-state index is -0.467. The monoisotopic (exact) mass is 291 g/mol. The molecule has 0 aromatic carbocycles. The number of pyridine rings is 1. The molecule has 2 rings (SSSR count). The maximum Gasteiger partial charge on any atom is 0.328 e. The predicted molar refractivity (Wildman–Crippen MR) is 79.3 cm³/mol. The number of amides is 1. The number of nitrogens with zero attached hydrogens (tertiary/aromatic N) is 3. The summed E-state index contributed by atoms with van der Waals surface area (Å²) in [6.45, 7) is 2.68. The van der Waals surface area contributed by atoms with Gasteiger partial charge in [-0.1, -0.05) is 0 Å². The predicted octanol–water partition coefficient (Wildman–Crippen LogP) is 1.32. The number of hydrogen-bond donors (Lipinski definition) is 0. The van der Waals surface area contributed by atoms with Crippen molar-refractivity contribution in [3.8, 4) is 0 Å². The van der Waals surface area contributed by atoms with Gasteiger partial charge in [-0.05, 0) is 31.9 Å². The van der Waals surface area contributed by atoms with Crippen molar-refractivity contribution in [2.75, 3.05) is 32.1 Å². The zero-order valence-electron chi connectivity index (χ0n) is 12.7. The number of anilines is 1. The average molecular weight is 291 g/mol. The van der Waals surface area contributed by atoms with E-state index in [1.807, 2.05) is 19.0 Å². The molecule has 0 aliphatic carbocycles. The number of aromatic nitrogens is 1. The number of rotatable bonds is 4. The van der Waals surface area contributed by atoms with E-state index in [0.717, 1.165) is 12.2 Å². The molecule has 1 fully saturated rings. The van der Waals surface area contributed by atoms with E-state index in [4.69, 9.17) is 4.74 Å². The van der Waals surface area contributed by atoms with Crippen molar-refractivity contribution >= 4 is 17.7 Å². The lowest BCUT2D eigenvalue weighted by molar-refractivity contribution is -0.147. The second-order valence-electron chi connectivity index (χ2n) is 5.21. The van der Waals surface area contributed by atoms with E-state index < -0.39 is 6.04 Å². The molecule has 0 N–H and O–H groups in total. The summed E-state index contributed by atoms with van der Waals surface area (Å²) in [5.74, 6) is 0.305. The Bertz CT molecular complexity index is 513. The van der Waals surface area contributed by atoms with Gasteiger partial charge in [-0.15, -0.1) is 0 Å². The van der Waals surface area contributed by atoms with E-state index in [2.05, 4.69) is 4.98 Å². The molecule has 114 valence electrons. The molecule has 1 aromatic heterocycles. The smallest absolute Gasteiger partial charge is 0.328 e. The van der Waals surface area contributed by atoms with Crippen LogP contribution in [0.5, 0.6) is 0 Å². The van der Waals surface area contributed by atoms with Gasteiger partial charge < -0.3 is 14.5 Å². The van der Waals surface area contributed by atoms with Gasteiger partial charge in [0.2, 0.25) is 0 Å². The van der Waals surface area contributed by atoms with E-state index in [1.165, 1.54) is 0 Å². The van der Waals surface area contributed by atoms with Gasteiger partial charge in [-0.25, -0.2) is 9.78 Å². The Morgan fingerprint density at radius 3 is 2.76 bits per heavy atom. The third-order valence-electron chi connectivity index (χ3n) is 3.53. The van der Waals surface area contributed by atoms with E-state index in [0.29, 0.717) is 25.1 Å². The highest BCUT2D eigenvalue weighted by atomic mass is 16.5. The molecule has 0 bridgehead atoms. The Kier molecular flexibility index (Phi) is 4.77. The number of hydrogen-bond acceptors (Lipinski definition) is 5. The second kappa shape index (κ2) is 6.56. The van der Waals surface area contributed by atoms with Crippen LogP contribution in [0.25, 0.3) is 0 Å². The maximum absolute atomic E-state index is 12.5. The Balaban J connectivity index is 2.13. The van der Waals surface area contributed by atoms with Crippen molar-refractivity contribution in [2.24, 2.45) is 0 Å². The van der Waals surface area contributed by atoms with Crippen LogP contribution in [0.3, 0.4) is 0 Å². The third kappa shape index (κ3) is 3.32. The molecule has 0 saturated carbocycles. The molecule has 1 unspecified atom stereocenters. The van der Waals surface area contributed by atoms with E-state index in [9.17, 15) is 9.59 Å². The molecule has 0 spiro atoms. The number of ether oxygens (including phenoxy) is 1. The summed E-state index contributed by atoms with van der Waals surface area (Å²) in [6, 6.07) is 3.07. The molecular formula is C15H21N3O3. The standard InChI is InChI=1S/C15H21N3O3/c1-4-21-15(20)12-6-5-9-18(12)14(19)11-7-8-13(16-10-11)17(2)3/h7-8,10,12H,4-6,9H2,1-3H3. The highest BCUT2D eigenvalue weighted by Gasteiger charge is 2.35. The normalized spacial score (nSPS) is 17.7. The molecule has 6 heteroatoms. The largest absolute Gasteiger partial charge is 0.464 e. The first-order valence-electron chi connectivity index (χ1n) is 7.15. The summed E-state index contributed by atoms with van der Waals surface area (Å²) in [5, 5.41) is 0. The highest BCUT2D eigenvalue weighted by molar-refractivity contribution is 5.97. The summed E-state index contributed by atoms with van der Waals surface area (Å²) >= 11 is 0. The quantitative estimate of drug-likeness (QED) is 0.783. The van der Waals surface area contributed by atoms with Gasteiger partial charge in [0.25, 0.3) is 5.91 Å². The van der Waals surface area contributed by atoms with Crippen molar-refractivity contribution in [1.82, 2.24) is 9.88 Å². The van der Waals surface area contributed by atoms with Crippen molar-refractivity contribution < 1.29 is 14.3 Å². The lowest BCUT2D eigenvalue weighted by atomic mass is 10.2. The van der Waals surface area contributed by atoms with Crippen LogP contribution in [-0.4, -0.2) is 55.0 Å². The molecule has 0 radical (unpaired) electrons. The van der Waals surface area contributed by atoms with Crippen LogP contribution < -0.4 is 4.90 Å². The molecular weight excluding hydrogens is 270 g/mol. The van der Waals surface area contributed by atoms with Crippen LogP contribution in [0.2, 0.25) is 0 Å². The highest BCUT2D eigenvalue weighted by Crippen LogP contribution is 2.21. The van der Waals surface area contributed by atoms with Gasteiger partial charge in [0, 0.05) is 26.8 Å². The van der Waals surface area contributed by atoms with E-state index in [1.54, 1.807) is 30.2 Å². The summed E-state index contributed by atoms with van der Waals surface area (Å²) in [7, 11) is 3.78. The summed E-state index contributed by atoms with van der Waals surface area (Å²) in [6.07, 6.45) is 3.03. The number of esters is 1. The minimum Gasteiger partial charge on any atom is -0.464 e. The summed E-state index contributed by atoms with van der Waals surface area (Å²) < 4.78 is 5.04. The fourth-order valence-corrected chi connectivity index (χ4v) is 2.44. The zero-order chi connectivity index (χ0) is 15.4. The summed E-state index contributed by atoms with van der Waals surface area (Å²) in [5.41, 5.74) is 0.497. The van der Waals surface area contributed by atoms with Gasteiger partial charge in [0.05, 0.1) is 12.2 Å². The molecule has 2 heterocycles. The van der Waals surface area contributed by atoms with Gasteiger partial charge in [0.15, 0.2) is 0 Å². The molecule has 1 saturated heterocycles. The maximum atomic E-state index is 12.5. The molecule has 1 aliphatic rings. The second-order valence-corrected chi connectivity index (χ2v) is 5.21. The minimum absolute atomic E-state index is 0.164. The van der Waals surface area contributed by atoms with Gasteiger partial charge in [-0.3, -0.25) is 4.79 Å². The summed E-state index contributed by atoms with van der Waals surface area (Å²) in [4.78, 5) is 32.1. The SMILES string of the molecule is CCOC(=O)C1CCCN1C(=O)c1ccc(N(C)C)nc1. The van der Waals surface area contributed by atoms with E-state index in [-0.39, 0.29) is 11.9 Å². The number of carbonyl (C=O) groups is 2. The Morgan fingerprint density at radius 1 is 1.43 bits per heavy atom. The molecule has 1 aliphatic heterocycles. The molecule has 21 heavy (non-hydrogen) atoms. The van der Waals surface area contributed by atoms with Crippen LogP contribution in [0.4, 0.5) is 5.82 Å². The first-order chi connectivity index (χ1) is 10.0. The lowest BCUT2D eigenvalue weighted by Gasteiger charge is -2.23. The van der Waals surface area contributed by atoms with Gasteiger partial charge in [0.1, 0.15) is 11.9 Å². The molecule has 1 atom stereocenters. The van der Waals surface area contributed by atoms with Crippen LogP contribution >= 0.6 is 0 Å². The van der Waals surface area contributed by atoms with Crippen LogP contribution in [0.1, 0.15) is 30.1 Å². The molecule has 1 amide bonds. The molecule has 6 nitrogen and oxygen atoms in total. The zero-order valence-corrected chi connectivity index (χ0v) is 12.7. The van der Waals surface area contributed by atoms with Crippen molar-refractivity contribution in [2.45, 2.75) is 25.8 Å². The van der Waals surface area contributed by atoms with Crippen molar-refractivity contribution in [3.63, 3.8) is 0 Å².